The minimum atomic E-state index is -1.36. The molecule has 5 nitrogen and oxygen atoms in total. The summed E-state index contributed by atoms with van der Waals surface area (Å²) in [5, 5.41) is 0. The minimum Gasteiger partial charge on any atom is -0.442 e. The number of carbonyl (C=O) groups excluding carboxylic acids is 1. The number of rotatable bonds is 5. The van der Waals surface area contributed by atoms with E-state index in [9.17, 15) is 13.4 Å². The topological polar surface area (TPSA) is 59.0 Å². The first-order valence-corrected chi connectivity index (χ1v) is 7.47. The molecular weight excluding hydrogens is 283 g/mol. The molecule has 0 bridgehead atoms. The summed E-state index contributed by atoms with van der Waals surface area (Å²) in [6, 6.07) is 4.21. The average Bonchev–Trinajstić information content (AvgIpc) is 2.79. The van der Waals surface area contributed by atoms with Crippen LogP contribution in [-0.2, 0) is 15.5 Å². The Kier molecular flexibility index (Phi) is 4.49. The summed E-state index contributed by atoms with van der Waals surface area (Å²) >= 11 is 0. The second-order valence-corrected chi connectivity index (χ2v) is 5.98. The Morgan fingerprint density at radius 2 is 2.35 bits per heavy atom. The van der Waals surface area contributed by atoms with Crippen molar-refractivity contribution in [1.29, 1.82) is 0 Å². The van der Waals surface area contributed by atoms with Gasteiger partial charge in [-0.2, -0.15) is 0 Å². The molecule has 2 rings (SSSR count). The van der Waals surface area contributed by atoms with Gasteiger partial charge in [-0.25, -0.2) is 9.18 Å². The van der Waals surface area contributed by atoms with E-state index in [0.717, 1.165) is 0 Å². The van der Waals surface area contributed by atoms with Crippen LogP contribution in [0.3, 0.4) is 0 Å². The quantitative estimate of drug-likeness (QED) is 0.781. The first-order chi connectivity index (χ1) is 9.56. The Balaban J connectivity index is 2.22. The predicted molar refractivity (Wildman–Crippen MR) is 75.4 cm³/mol. The third-order valence-electron chi connectivity index (χ3n) is 2.94. The lowest BCUT2D eigenvalue weighted by Gasteiger charge is -2.13. The Bertz CT molecular complexity index is 565. The van der Waals surface area contributed by atoms with Gasteiger partial charge in [0, 0.05) is 5.75 Å². The molecule has 0 aromatic heterocycles. The number of halogens is 1. The van der Waals surface area contributed by atoms with Crippen LogP contribution < -0.4 is 4.90 Å². The van der Waals surface area contributed by atoms with Crippen LogP contribution in [0.5, 0.6) is 0 Å². The molecule has 20 heavy (non-hydrogen) atoms. The summed E-state index contributed by atoms with van der Waals surface area (Å²) in [7, 11) is -1.36. The van der Waals surface area contributed by atoms with Gasteiger partial charge in [-0.3, -0.25) is 14.1 Å². The number of aliphatic imine (C=N–C) groups is 1. The molecule has 1 aromatic rings. The van der Waals surface area contributed by atoms with Crippen LogP contribution in [0.4, 0.5) is 14.9 Å². The van der Waals surface area contributed by atoms with Crippen LogP contribution in [0, 0.1) is 5.82 Å². The maximum Gasteiger partial charge on any atom is 0.414 e. The van der Waals surface area contributed by atoms with Gasteiger partial charge >= 0.3 is 6.09 Å². The first kappa shape index (κ1) is 14.6. The predicted octanol–water partition coefficient (Wildman–Crippen LogP) is 1.98. The van der Waals surface area contributed by atoms with Crippen LogP contribution in [-0.4, -0.2) is 42.0 Å². The van der Waals surface area contributed by atoms with Crippen LogP contribution in [0.15, 0.2) is 28.1 Å². The van der Waals surface area contributed by atoms with Crippen molar-refractivity contribution in [2.75, 3.05) is 23.7 Å². The highest BCUT2D eigenvalue weighted by atomic mass is 32.2. The van der Waals surface area contributed by atoms with E-state index in [0.29, 0.717) is 24.5 Å². The molecular formula is C13H15FN2O3S. The molecule has 7 heteroatoms. The largest absolute Gasteiger partial charge is 0.442 e. The van der Waals surface area contributed by atoms with Crippen molar-refractivity contribution in [3.8, 4) is 0 Å². The molecule has 0 saturated carbocycles. The van der Waals surface area contributed by atoms with Gasteiger partial charge in [0.25, 0.3) is 0 Å². The summed E-state index contributed by atoms with van der Waals surface area (Å²) in [5.74, 6) is -0.240. The fourth-order valence-electron chi connectivity index (χ4n) is 1.97. The van der Waals surface area contributed by atoms with Gasteiger partial charge in [0.2, 0.25) is 0 Å². The monoisotopic (exact) mass is 298 g/mol. The van der Waals surface area contributed by atoms with Gasteiger partial charge in [-0.05, 0) is 24.9 Å². The highest BCUT2D eigenvalue weighted by molar-refractivity contribution is 7.85. The molecule has 1 aliphatic heterocycles. The van der Waals surface area contributed by atoms with Gasteiger partial charge in [0.05, 0.1) is 34.5 Å². The average molecular weight is 298 g/mol. The van der Waals surface area contributed by atoms with Crippen molar-refractivity contribution >= 4 is 29.3 Å². The number of cyclic esters (lactones) is 1. The Labute approximate surface area is 118 Å². The lowest BCUT2D eigenvalue weighted by Crippen LogP contribution is -2.25. The highest BCUT2D eigenvalue weighted by Gasteiger charge is 2.32. The Hall–Kier alpha value is -1.76. The summed E-state index contributed by atoms with van der Waals surface area (Å²) < 4.78 is 30.6. The molecule has 1 aliphatic rings. The number of amides is 1. The van der Waals surface area contributed by atoms with Crippen molar-refractivity contribution in [3.63, 3.8) is 0 Å². The molecule has 0 N–H and O–H groups in total. The zero-order valence-electron chi connectivity index (χ0n) is 11.0. The van der Waals surface area contributed by atoms with Gasteiger partial charge in [0.1, 0.15) is 11.9 Å². The number of nitrogens with zero attached hydrogens (tertiary/aromatic N) is 2. The first-order valence-electron chi connectivity index (χ1n) is 6.15. The van der Waals surface area contributed by atoms with E-state index in [4.69, 9.17) is 4.74 Å². The minimum absolute atomic E-state index is 0.146. The van der Waals surface area contributed by atoms with Crippen LogP contribution >= 0.6 is 0 Å². The van der Waals surface area contributed by atoms with Crippen LogP contribution in [0.2, 0.25) is 0 Å². The number of carbonyl (C=O) groups is 1. The Morgan fingerprint density at radius 1 is 1.60 bits per heavy atom. The molecule has 1 heterocycles. The van der Waals surface area contributed by atoms with E-state index >= 15 is 0 Å². The summed E-state index contributed by atoms with van der Waals surface area (Å²) in [5.41, 5.74) is 0.385. The molecule has 1 amide bonds. The lowest BCUT2D eigenvalue weighted by atomic mass is 10.2. The van der Waals surface area contributed by atoms with Crippen molar-refractivity contribution in [2.45, 2.75) is 17.9 Å². The zero-order chi connectivity index (χ0) is 14.7. The number of hydrogen-bond donors (Lipinski definition) is 0. The summed E-state index contributed by atoms with van der Waals surface area (Å²) in [6.45, 7) is 5.67. The third-order valence-corrected chi connectivity index (χ3v) is 4.29. The van der Waals surface area contributed by atoms with E-state index in [-0.39, 0.29) is 11.0 Å². The van der Waals surface area contributed by atoms with Crippen molar-refractivity contribution in [1.82, 2.24) is 0 Å². The number of hydrogen-bond acceptors (Lipinski definition) is 4. The second-order valence-electron chi connectivity index (χ2n) is 4.27. The molecule has 0 radical (unpaired) electrons. The standard InChI is InChI=1S/C13H15FN2O3S/c1-3-20(18)12-5-4-9(6-11(12)14)16-8-10(7-15-2)19-13(16)17/h4-6,10H,2-3,7-8H2,1H3/t10-,20?/m0/s1. The molecule has 1 fully saturated rings. The molecule has 1 aromatic carbocycles. The van der Waals surface area contributed by atoms with Crippen molar-refractivity contribution < 1.29 is 18.1 Å². The van der Waals surface area contributed by atoms with Crippen molar-refractivity contribution in [3.05, 3.63) is 24.0 Å². The van der Waals surface area contributed by atoms with E-state index < -0.39 is 22.7 Å². The maximum absolute atomic E-state index is 13.9. The third kappa shape index (κ3) is 2.87. The molecule has 1 unspecified atom stereocenters. The van der Waals surface area contributed by atoms with Gasteiger partial charge in [0.15, 0.2) is 0 Å². The number of anilines is 1. The molecule has 2 atom stereocenters. The zero-order valence-corrected chi connectivity index (χ0v) is 11.9. The molecule has 1 saturated heterocycles. The summed E-state index contributed by atoms with van der Waals surface area (Å²) in [6.07, 6.45) is -0.907. The number of ether oxygens (including phenoxy) is 1. The van der Waals surface area contributed by atoms with Crippen LogP contribution in [0.25, 0.3) is 0 Å². The van der Waals surface area contributed by atoms with Gasteiger partial charge in [-0.15, -0.1) is 0 Å². The fourth-order valence-corrected chi connectivity index (χ4v) is 2.78. The number of benzene rings is 1. The normalized spacial score (nSPS) is 19.8. The summed E-state index contributed by atoms with van der Waals surface area (Å²) in [4.78, 5) is 16.9. The smallest absolute Gasteiger partial charge is 0.414 e. The molecule has 108 valence electrons. The molecule has 0 aliphatic carbocycles. The lowest BCUT2D eigenvalue weighted by molar-refractivity contribution is 0.145. The van der Waals surface area contributed by atoms with Crippen LogP contribution in [0.1, 0.15) is 6.92 Å². The second kappa shape index (κ2) is 6.13. The fraction of sp³-hybridized carbons (Fsp3) is 0.385. The van der Waals surface area contributed by atoms with E-state index in [1.807, 2.05) is 0 Å². The van der Waals surface area contributed by atoms with Gasteiger partial charge in [-0.1, -0.05) is 6.92 Å². The van der Waals surface area contributed by atoms with E-state index in [1.165, 1.54) is 17.0 Å². The van der Waals surface area contributed by atoms with E-state index in [2.05, 4.69) is 11.7 Å². The molecule has 0 spiro atoms. The Morgan fingerprint density at radius 3 is 2.95 bits per heavy atom. The maximum atomic E-state index is 13.9. The highest BCUT2D eigenvalue weighted by Crippen LogP contribution is 2.25. The van der Waals surface area contributed by atoms with Gasteiger partial charge < -0.3 is 4.74 Å². The van der Waals surface area contributed by atoms with Crippen molar-refractivity contribution in [2.24, 2.45) is 4.99 Å². The SMILES string of the molecule is C=NC[C@H]1CN(c2ccc(S(=O)CC)c(F)c2)C(=O)O1. The van der Waals surface area contributed by atoms with E-state index in [1.54, 1.807) is 13.0 Å².